The fraction of sp³-hybridized carbons (Fsp3) is 0.393. The van der Waals surface area contributed by atoms with Gasteiger partial charge in [-0.25, -0.2) is 4.68 Å². The minimum Gasteiger partial charge on any atom is -0.494 e. The number of rotatable bonds is 11. The molecule has 0 bridgehead atoms. The maximum atomic E-state index is 13.7. The Bertz CT molecular complexity index is 1240. The summed E-state index contributed by atoms with van der Waals surface area (Å²) in [6.45, 7) is 8.90. The number of hydrogen-bond acceptors (Lipinski definition) is 6. The van der Waals surface area contributed by atoms with Crippen LogP contribution in [0.4, 0.5) is 11.6 Å². The molecule has 0 saturated heterocycles. The van der Waals surface area contributed by atoms with Gasteiger partial charge >= 0.3 is 0 Å². The summed E-state index contributed by atoms with van der Waals surface area (Å²) in [5, 5.41) is 11.9. The monoisotopic (exact) mass is 505 g/mol. The molecule has 2 aromatic carbocycles. The SMILES string of the molecule is CCCCOc1cccc(C2C(C(=O)Nc3cccc(C)c3)=C(C)Nc3nc(SCCCC)nn32)c1. The quantitative estimate of drug-likeness (QED) is 0.226. The molecule has 1 aromatic heterocycles. The summed E-state index contributed by atoms with van der Waals surface area (Å²) in [6, 6.07) is 15.3. The van der Waals surface area contributed by atoms with Crippen LogP contribution in [-0.4, -0.2) is 33.0 Å². The minimum atomic E-state index is -0.436. The number of carbonyl (C=O) groups is 1. The fourth-order valence-corrected chi connectivity index (χ4v) is 5.04. The van der Waals surface area contributed by atoms with E-state index < -0.39 is 6.04 Å². The molecule has 2 N–H and O–H groups in total. The molecular weight excluding hydrogens is 470 g/mol. The maximum Gasteiger partial charge on any atom is 0.255 e. The first-order valence-corrected chi connectivity index (χ1v) is 13.7. The lowest BCUT2D eigenvalue weighted by molar-refractivity contribution is -0.113. The summed E-state index contributed by atoms with van der Waals surface area (Å²) in [6.07, 6.45) is 4.28. The molecular formula is C28H35N5O2S. The van der Waals surface area contributed by atoms with Crippen LogP contribution in [0.15, 0.2) is 65.0 Å². The third-order valence-corrected chi connectivity index (χ3v) is 6.95. The topological polar surface area (TPSA) is 81.1 Å². The Morgan fingerprint density at radius 2 is 1.92 bits per heavy atom. The molecule has 0 saturated carbocycles. The van der Waals surface area contributed by atoms with Gasteiger partial charge in [-0.3, -0.25) is 4.79 Å². The lowest BCUT2D eigenvalue weighted by atomic mass is 9.94. The standard InChI is InChI=1S/C28H35N5O2S/c1-5-7-15-35-23-14-10-12-21(18-23)25-24(26(34)30-22-13-9-11-19(3)17-22)20(4)29-27-31-28(32-33(25)27)36-16-8-6-2/h9-14,17-18,25H,5-8,15-16H2,1-4H3,(H,30,34)(H,29,31,32). The predicted octanol–water partition coefficient (Wildman–Crippen LogP) is 6.59. The third kappa shape index (κ3) is 6.10. The Morgan fingerprint density at radius 3 is 2.69 bits per heavy atom. The number of benzene rings is 2. The van der Waals surface area contributed by atoms with Crippen molar-refractivity contribution < 1.29 is 9.53 Å². The van der Waals surface area contributed by atoms with Gasteiger partial charge in [0.15, 0.2) is 0 Å². The van der Waals surface area contributed by atoms with Crippen molar-refractivity contribution in [2.45, 2.75) is 64.6 Å². The van der Waals surface area contributed by atoms with Crippen LogP contribution < -0.4 is 15.4 Å². The number of aryl methyl sites for hydroxylation is 1. The van der Waals surface area contributed by atoms with Crippen LogP contribution in [0.3, 0.4) is 0 Å². The molecule has 1 unspecified atom stereocenters. The summed E-state index contributed by atoms with van der Waals surface area (Å²) in [5.41, 5.74) is 4.13. The number of anilines is 2. The highest BCUT2D eigenvalue weighted by Crippen LogP contribution is 2.37. The molecule has 2 heterocycles. The number of carbonyl (C=O) groups excluding carboxylic acids is 1. The summed E-state index contributed by atoms with van der Waals surface area (Å²) in [5.74, 6) is 2.21. The number of nitrogens with one attached hydrogen (secondary N) is 2. The van der Waals surface area contributed by atoms with Gasteiger partial charge in [0, 0.05) is 17.1 Å². The van der Waals surface area contributed by atoms with E-state index in [0.29, 0.717) is 23.3 Å². The molecule has 1 aliphatic rings. The second-order valence-electron chi connectivity index (χ2n) is 9.03. The zero-order valence-electron chi connectivity index (χ0n) is 21.5. The van der Waals surface area contributed by atoms with E-state index in [1.54, 1.807) is 11.8 Å². The molecule has 8 heteroatoms. The van der Waals surface area contributed by atoms with Crippen LogP contribution in [0.25, 0.3) is 0 Å². The van der Waals surface area contributed by atoms with E-state index in [1.165, 1.54) is 0 Å². The van der Waals surface area contributed by atoms with Crippen molar-refractivity contribution in [2.75, 3.05) is 23.0 Å². The van der Waals surface area contributed by atoms with E-state index in [9.17, 15) is 4.79 Å². The summed E-state index contributed by atoms with van der Waals surface area (Å²) in [7, 11) is 0. The van der Waals surface area contributed by atoms with Crippen LogP contribution >= 0.6 is 11.8 Å². The average Bonchev–Trinajstić information content (AvgIpc) is 3.26. The minimum absolute atomic E-state index is 0.172. The number of nitrogens with zero attached hydrogens (tertiary/aromatic N) is 3. The number of hydrogen-bond donors (Lipinski definition) is 2. The molecule has 3 aromatic rings. The Kier molecular flexibility index (Phi) is 8.70. The Balaban J connectivity index is 1.71. The van der Waals surface area contributed by atoms with Crippen LogP contribution in [0, 0.1) is 6.92 Å². The lowest BCUT2D eigenvalue weighted by Crippen LogP contribution is -2.31. The molecule has 0 radical (unpaired) electrons. The number of amides is 1. The van der Waals surface area contributed by atoms with Gasteiger partial charge < -0.3 is 15.4 Å². The van der Waals surface area contributed by atoms with E-state index in [0.717, 1.165) is 59.7 Å². The van der Waals surface area contributed by atoms with Gasteiger partial charge in [0.1, 0.15) is 11.8 Å². The molecule has 1 amide bonds. The van der Waals surface area contributed by atoms with Gasteiger partial charge in [0.05, 0.1) is 12.2 Å². The highest BCUT2D eigenvalue weighted by molar-refractivity contribution is 7.99. The first-order chi connectivity index (χ1) is 17.5. The zero-order valence-corrected chi connectivity index (χ0v) is 22.3. The molecule has 0 fully saturated rings. The molecule has 1 aliphatic heterocycles. The van der Waals surface area contributed by atoms with Gasteiger partial charge in [0.25, 0.3) is 5.91 Å². The van der Waals surface area contributed by atoms with E-state index >= 15 is 0 Å². The van der Waals surface area contributed by atoms with Crippen LogP contribution in [0.1, 0.15) is 63.6 Å². The van der Waals surface area contributed by atoms with E-state index in [1.807, 2.05) is 67.1 Å². The van der Waals surface area contributed by atoms with E-state index in [-0.39, 0.29) is 5.91 Å². The number of ether oxygens (including phenoxy) is 1. The zero-order chi connectivity index (χ0) is 25.5. The Hall–Kier alpha value is -3.26. The second-order valence-corrected chi connectivity index (χ2v) is 10.1. The van der Waals surface area contributed by atoms with Crippen molar-refractivity contribution in [3.8, 4) is 5.75 Å². The van der Waals surface area contributed by atoms with Crippen molar-refractivity contribution in [1.82, 2.24) is 14.8 Å². The number of aromatic nitrogens is 3. The fourth-order valence-electron chi connectivity index (χ4n) is 4.13. The van der Waals surface area contributed by atoms with Crippen molar-refractivity contribution in [1.29, 1.82) is 0 Å². The maximum absolute atomic E-state index is 13.7. The number of allylic oxidation sites excluding steroid dienone is 1. The van der Waals surface area contributed by atoms with Crippen molar-refractivity contribution >= 4 is 29.3 Å². The van der Waals surface area contributed by atoms with E-state index in [4.69, 9.17) is 14.8 Å². The smallest absolute Gasteiger partial charge is 0.255 e. The number of unbranched alkanes of at least 4 members (excludes halogenated alkanes) is 2. The highest BCUT2D eigenvalue weighted by Gasteiger charge is 2.34. The molecule has 7 nitrogen and oxygen atoms in total. The molecule has 0 aliphatic carbocycles. The summed E-state index contributed by atoms with van der Waals surface area (Å²) < 4.78 is 7.82. The Morgan fingerprint density at radius 1 is 1.11 bits per heavy atom. The molecule has 0 spiro atoms. The van der Waals surface area contributed by atoms with Gasteiger partial charge in [-0.2, -0.15) is 4.98 Å². The normalized spacial score (nSPS) is 14.8. The number of thioether (sulfide) groups is 1. The largest absolute Gasteiger partial charge is 0.494 e. The molecule has 4 rings (SSSR count). The van der Waals surface area contributed by atoms with E-state index in [2.05, 4.69) is 24.5 Å². The molecule has 1 atom stereocenters. The third-order valence-electron chi connectivity index (χ3n) is 6.02. The lowest BCUT2D eigenvalue weighted by Gasteiger charge is -2.29. The highest BCUT2D eigenvalue weighted by atomic mass is 32.2. The van der Waals surface area contributed by atoms with Crippen LogP contribution in [0.5, 0.6) is 5.75 Å². The molecule has 36 heavy (non-hydrogen) atoms. The summed E-state index contributed by atoms with van der Waals surface area (Å²) >= 11 is 1.64. The van der Waals surface area contributed by atoms with Gasteiger partial charge in [0.2, 0.25) is 11.1 Å². The number of fused-ring (bicyclic) bond motifs is 1. The molecule has 190 valence electrons. The van der Waals surface area contributed by atoms with Gasteiger partial charge in [-0.05, 0) is 62.1 Å². The average molecular weight is 506 g/mol. The predicted molar refractivity (Wildman–Crippen MR) is 147 cm³/mol. The van der Waals surface area contributed by atoms with Crippen molar-refractivity contribution in [3.63, 3.8) is 0 Å². The van der Waals surface area contributed by atoms with Gasteiger partial charge in [-0.1, -0.05) is 62.7 Å². The second kappa shape index (κ2) is 12.1. The summed E-state index contributed by atoms with van der Waals surface area (Å²) in [4.78, 5) is 18.4. The Labute approximate surface area is 217 Å². The first kappa shape index (κ1) is 25.8. The van der Waals surface area contributed by atoms with Gasteiger partial charge in [-0.15, -0.1) is 5.10 Å². The first-order valence-electron chi connectivity index (χ1n) is 12.7. The van der Waals surface area contributed by atoms with Crippen LogP contribution in [-0.2, 0) is 4.79 Å². The van der Waals surface area contributed by atoms with Crippen molar-refractivity contribution in [2.24, 2.45) is 0 Å². The van der Waals surface area contributed by atoms with Crippen LogP contribution in [0.2, 0.25) is 0 Å². The van der Waals surface area contributed by atoms with Crippen molar-refractivity contribution in [3.05, 3.63) is 70.9 Å².